The van der Waals surface area contributed by atoms with Gasteiger partial charge in [0, 0.05) is 5.56 Å². The molecular formula is C16H16F3N. The normalized spacial score (nSPS) is 12.4. The van der Waals surface area contributed by atoms with E-state index in [2.05, 4.69) is 0 Å². The second kappa shape index (κ2) is 6.09. The standard InChI is InChI=1S/C16H16F3N/c1-10(6-7-20)11-2-4-14(17)13(8-11)12-3-5-15(18)16(19)9-12/h2-5,8-10H,6-7,20H2,1H3. The molecule has 4 heteroatoms. The van der Waals surface area contributed by atoms with E-state index in [9.17, 15) is 13.2 Å². The second-order valence-electron chi connectivity index (χ2n) is 4.85. The summed E-state index contributed by atoms with van der Waals surface area (Å²) in [7, 11) is 0. The molecular weight excluding hydrogens is 263 g/mol. The molecule has 0 fully saturated rings. The Bertz CT molecular complexity index is 611. The van der Waals surface area contributed by atoms with Crippen LogP contribution in [0.4, 0.5) is 13.2 Å². The van der Waals surface area contributed by atoms with Crippen LogP contribution in [0.5, 0.6) is 0 Å². The Balaban J connectivity index is 2.44. The first-order valence-electron chi connectivity index (χ1n) is 6.48. The first-order valence-corrected chi connectivity index (χ1v) is 6.48. The minimum Gasteiger partial charge on any atom is -0.330 e. The van der Waals surface area contributed by atoms with Crippen molar-refractivity contribution in [3.05, 3.63) is 59.4 Å². The van der Waals surface area contributed by atoms with E-state index in [-0.39, 0.29) is 11.5 Å². The Hall–Kier alpha value is -1.81. The van der Waals surface area contributed by atoms with Crippen LogP contribution in [0.25, 0.3) is 11.1 Å². The van der Waals surface area contributed by atoms with Crippen LogP contribution in [-0.2, 0) is 0 Å². The molecule has 1 nitrogen and oxygen atoms in total. The van der Waals surface area contributed by atoms with E-state index in [1.54, 1.807) is 12.1 Å². The molecule has 0 radical (unpaired) electrons. The number of halogens is 3. The average molecular weight is 279 g/mol. The zero-order valence-corrected chi connectivity index (χ0v) is 11.2. The van der Waals surface area contributed by atoms with Crippen molar-refractivity contribution in [1.29, 1.82) is 0 Å². The van der Waals surface area contributed by atoms with E-state index in [1.165, 1.54) is 12.1 Å². The van der Waals surface area contributed by atoms with Gasteiger partial charge in [-0.1, -0.05) is 19.1 Å². The summed E-state index contributed by atoms with van der Waals surface area (Å²) in [6.07, 6.45) is 0.781. The van der Waals surface area contributed by atoms with Gasteiger partial charge < -0.3 is 5.73 Å². The van der Waals surface area contributed by atoms with Crippen molar-refractivity contribution in [2.45, 2.75) is 19.3 Å². The summed E-state index contributed by atoms with van der Waals surface area (Å²) >= 11 is 0. The number of hydrogen-bond donors (Lipinski definition) is 1. The summed E-state index contributed by atoms with van der Waals surface area (Å²) in [6.45, 7) is 2.54. The highest BCUT2D eigenvalue weighted by atomic mass is 19.2. The van der Waals surface area contributed by atoms with Gasteiger partial charge in [0.05, 0.1) is 0 Å². The van der Waals surface area contributed by atoms with E-state index in [4.69, 9.17) is 5.73 Å². The molecule has 1 unspecified atom stereocenters. The highest BCUT2D eigenvalue weighted by Crippen LogP contribution is 2.29. The van der Waals surface area contributed by atoms with Gasteiger partial charge >= 0.3 is 0 Å². The van der Waals surface area contributed by atoms with Crippen molar-refractivity contribution in [3.8, 4) is 11.1 Å². The quantitative estimate of drug-likeness (QED) is 0.890. The fraction of sp³-hybridized carbons (Fsp3) is 0.250. The molecule has 106 valence electrons. The molecule has 0 amide bonds. The highest BCUT2D eigenvalue weighted by Gasteiger charge is 2.12. The first-order chi connectivity index (χ1) is 9.52. The SMILES string of the molecule is CC(CCN)c1ccc(F)c(-c2ccc(F)c(F)c2)c1. The smallest absolute Gasteiger partial charge is 0.159 e. The molecule has 0 aliphatic carbocycles. The lowest BCUT2D eigenvalue weighted by atomic mass is 9.94. The third kappa shape index (κ3) is 3.02. The Morgan fingerprint density at radius 3 is 2.30 bits per heavy atom. The summed E-state index contributed by atoms with van der Waals surface area (Å²) in [5.41, 5.74) is 7.04. The molecule has 20 heavy (non-hydrogen) atoms. The molecule has 0 saturated carbocycles. The molecule has 0 aliphatic rings. The monoisotopic (exact) mass is 279 g/mol. The van der Waals surface area contributed by atoms with Crippen LogP contribution in [0.1, 0.15) is 24.8 Å². The van der Waals surface area contributed by atoms with Crippen LogP contribution < -0.4 is 5.73 Å². The lowest BCUT2D eigenvalue weighted by Gasteiger charge is -2.13. The summed E-state index contributed by atoms with van der Waals surface area (Å²) in [6, 6.07) is 8.08. The number of hydrogen-bond acceptors (Lipinski definition) is 1. The van der Waals surface area contributed by atoms with Crippen LogP contribution in [0.15, 0.2) is 36.4 Å². The van der Waals surface area contributed by atoms with Gasteiger partial charge in [-0.2, -0.15) is 0 Å². The summed E-state index contributed by atoms with van der Waals surface area (Å²) in [5.74, 6) is -2.20. The minimum absolute atomic E-state index is 0.185. The first kappa shape index (κ1) is 14.6. The third-order valence-corrected chi connectivity index (χ3v) is 3.39. The van der Waals surface area contributed by atoms with Crippen molar-refractivity contribution in [1.82, 2.24) is 0 Å². The van der Waals surface area contributed by atoms with Crippen LogP contribution in [0, 0.1) is 17.5 Å². The molecule has 0 bridgehead atoms. The molecule has 2 N–H and O–H groups in total. The van der Waals surface area contributed by atoms with Gasteiger partial charge in [0.15, 0.2) is 11.6 Å². The van der Waals surface area contributed by atoms with Crippen LogP contribution in [0.3, 0.4) is 0 Å². The second-order valence-corrected chi connectivity index (χ2v) is 4.85. The van der Waals surface area contributed by atoms with E-state index in [0.29, 0.717) is 12.1 Å². The van der Waals surface area contributed by atoms with Crippen LogP contribution in [0.2, 0.25) is 0 Å². The number of nitrogens with two attached hydrogens (primary N) is 1. The predicted molar refractivity (Wildman–Crippen MR) is 73.8 cm³/mol. The Kier molecular flexibility index (Phi) is 4.45. The molecule has 0 heterocycles. The highest BCUT2D eigenvalue weighted by molar-refractivity contribution is 5.65. The van der Waals surface area contributed by atoms with Gasteiger partial charge in [0.25, 0.3) is 0 Å². The third-order valence-electron chi connectivity index (χ3n) is 3.39. The van der Waals surface area contributed by atoms with Gasteiger partial charge in [-0.3, -0.25) is 0 Å². The molecule has 0 aromatic heterocycles. The summed E-state index contributed by atoms with van der Waals surface area (Å²) in [5, 5.41) is 0. The lowest BCUT2D eigenvalue weighted by Crippen LogP contribution is -2.05. The van der Waals surface area contributed by atoms with Crippen molar-refractivity contribution >= 4 is 0 Å². The average Bonchev–Trinajstić information content (AvgIpc) is 2.43. The zero-order chi connectivity index (χ0) is 14.7. The maximum absolute atomic E-state index is 13.9. The van der Waals surface area contributed by atoms with Gasteiger partial charge in [-0.15, -0.1) is 0 Å². The Morgan fingerprint density at radius 2 is 1.65 bits per heavy atom. The fourth-order valence-corrected chi connectivity index (χ4v) is 2.15. The summed E-state index contributed by atoms with van der Waals surface area (Å²) in [4.78, 5) is 0. The topological polar surface area (TPSA) is 26.0 Å². The molecule has 2 rings (SSSR count). The Labute approximate surface area is 116 Å². The van der Waals surface area contributed by atoms with Crippen LogP contribution >= 0.6 is 0 Å². The van der Waals surface area contributed by atoms with Crippen molar-refractivity contribution in [2.75, 3.05) is 6.54 Å². The van der Waals surface area contributed by atoms with E-state index in [1.807, 2.05) is 6.92 Å². The van der Waals surface area contributed by atoms with Crippen molar-refractivity contribution < 1.29 is 13.2 Å². The van der Waals surface area contributed by atoms with Crippen molar-refractivity contribution in [2.24, 2.45) is 5.73 Å². The number of rotatable bonds is 4. The number of benzene rings is 2. The minimum atomic E-state index is -0.984. The largest absolute Gasteiger partial charge is 0.330 e. The maximum atomic E-state index is 13.9. The maximum Gasteiger partial charge on any atom is 0.159 e. The fourth-order valence-electron chi connectivity index (χ4n) is 2.15. The lowest BCUT2D eigenvalue weighted by molar-refractivity contribution is 0.509. The van der Waals surface area contributed by atoms with Gasteiger partial charge in [-0.05, 0) is 54.3 Å². The zero-order valence-electron chi connectivity index (χ0n) is 11.2. The van der Waals surface area contributed by atoms with Gasteiger partial charge in [0.1, 0.15) is 5.82 Å². The van der Waals surface area contributed by atoms with E-state index < -0.39 is 17.5 Å². The van der Waals surface area contributed by atoms with Gasteiger partial charge in [-0.25, -0.2) is 13.2 Å². The predicted octanol–water partition coefficient (Wildman–Crippen LogP) is 4.22. The van der Waals surface area contributed by atoms with Crippen LogP contribution in [-0.4, -0.2) is 6.54 Å². The van der Waals surface area contributed by atoms with Gasteiger partial charge in [0.2, 0.25) is 0 Å². The summed E-state index contributed by atoms with van der Waals surface area (Å²) < 4.78 is 40.1. The molecule has 1 atom stereocenters. The molecule has 0 spiro atoms. The Morgan fingerprint density at radius 1 is 0.950 bits per heavy atom. The van der Waals surface area contributed by atoms with Crippen molar-refractivity contribution in [3.63, 3.8) is 0 Å². The molecule has 2 aromatic rings. The molecule has 2 aromatic carbocycles. The molecule has 0 aliphatic heterocycles. The van der Waals surface area contributed by atoms with E-state index in [0.717, 1.165) is 24.1 Å². The molecule has 0 saturated heterocycles. The van der Waals surface area contributed by atoms with E-state index >= 15 is 0 Å².